The standard InChI is InChI=1S/C15H14Cl2N2O2S/c16-15(18-22(17,20)21)19(11-13-7-3-1-4-8-13)12-14-9-5-2-6-10-14/h1-10H,11-12H2. The molecule has 0 radical (unpaired) electrons. The summed E-state index contributed by atoms with van der Waals surface area (Å²) in [6, 6.07) is 19.1. The van der Waals surface area contributed by atoms with Crippen LogP contribution in [-0.4, -0.2) is 18.6 Å². The maximum Gasteiger partial charge on any atom is 0.342 e. The Balaban J connectivity index is 2.26. The summed E-state index contributed by atoms with van der Waals surface area (Å²) < 4.78 is 25.6. The van der Waals surface area contributed by atoms with Crippen molar-refractivity contribution in [2.75, 3.05) is 0 Å². The van der Waals surface area contributed by atoms with Gasteiger partial charge in [0.05, 0.1) is 0 Å². The van der Waals surface area contributed by atoms with Crippen molar-refractivity contribution < 1.29 is 8.42 Å². The lowest BCUT2D eigenvalue weighted by Crippen LogP contribution is -2.27. The number of amidine groups is 1. The van der Waals surface area contributed by atoms with Crippen molar-refractivity contribution in [3.05, 3.63) is 71.8 Å². The van der Waals surface area contributed by atoms with E-state index in [4.69, 9.17) is 22.3 Å². The second-order valence-electron chi connectivity index (χ2n) is 4.60. The second-order valence-corrected chi connectivity index (χ2v) is 7.11. The molecule has 0 spiro atoms. The van der Waals surface area contributed by atoms with Gasteiger partial charge in [0.1, 0.15) is 0 Å². The van der Waals surface area contributed by atoms with Crippen LogP contribution < -0.4 is 0 Å². The molecule has 0 unspecified atom stereocenters. The summed E-state index contributed by atoms with van der Waals surface area (Å²) in [5, 5.41) is -0.164. The maximum absolute atomic E-state index is 11.1. The normalized spacial score (nSPS) is 12.2. The molecule has 2 aromatic rings. The van der Waals surface area contributed by atoms with E-state index >= 15 is 0 Å². The summed E-state index contributed by atoms with van der Waals surface area (Å²) in [6.07, 6.45) is 0. The van der Waals surface area contributed by atoms with Gasteiger partial charge in [-0.05, 0) is 22.7 Å². The topological polar surface area (TPSA) is 49.7 Å². The molecular weight excluding hydrogens is 343 g/mol. The molecule has 0 aromatic heterocycles. The van der Waals surface area contributed by atoms with Crippen LogP contribution >= 0.6 is 22.3 Å². The SMILES string of the molecule is O=S(=O)(Cl)N=C(Cl)N(Cc1ccccc1)Cc1ccccc1. The van der Waals surface area contributed by atoms with Crippen molar-refractivity contribution in [3.8, 4) is 0 Å². The quantitative estimate of drug-likeness (QED) is 0.354. The molecule has 0 aliphatic carbocycles. The highest BCUT2D eigenvalue weighted by Crippen LogP contribution is 2.14. The van der Waals surface area contributed by atoms with E-state index in [1.165, 1.54) is 0 Å². The zero-order valence-corrected chi connectivity index (χ0v) is 13.9. The summed E-state index contributed by atoms with van der Waals surface area (Å²) in [7, 11) is 1.09. The van der Waals surface area contributed by atoms with Crippen LogP contribution in [0.5, 0.6) is 0 Å². The maximum atomic E-state index is 11.1. The minimum absolute atomic E-state index is 0.164. The minimum Gasteiger partial charge on any atom is -0.338 e. The highest BCUT2D eigenvalue weighted by atomic mass is 35.7. The Hall–Kier alpha value is -1.56. The molecule has 0 atom stereocenters. The smallest absolute Gasteiger partial charge is 0.338 e. The number of hydrogen-bond donors (Lipinski definition) is 0. The Labute approximate surface area is 139 Å². The Bertz CT molecular complexity index is 693. The molecule has 0 aliphatic heterocycles. The van der Waals surface area contributed by atoms with Crippen molar-refractivity contribution >= 4 is 36.8 Å². The first-order valence-corrected chi connectivity index (χ1v) is 9.11. The van der Waals surface area contributed by atoms with E-state index in [1.54, 1.807) is 4.90 Å². The van der Waals surface area contributed by atoms with Crippen LogP contribution in [0.3, 0.4) is 0 Å². The van der Waals surface area contributed by atoms with E-state index in [9.17, 15) is 8.42 Å². The first-order valence-electron chi connectivity index (χ1n) is 6.47. The lowest BCUT2D eigenvalue weighted by atomic mass is 10.2. The third-order valence-corrected chi connectivity index (χ3v) is 3.90. The number of benzene rings is 2. The lowest BCUT2D eigenvalue weighted by Gasteiger charge is -2.22. The average Bonchev–Trinajstić information content (AvgIpc) is 2.47. The van der Waals surface area contributed by atoms with Gasteiger partial charge in [0.15, 0.2) is 0 Å². The van der Waals surface area contributed by atoms with Crippen LogP contribution in [-0.2, 0) is 22.3 Å². The van der Waals surface area contributed by atoms with Gasteiger partial charge in [-0.3, -0.25) is 0 Å². The highest BCUT2D eigenvalue weighted by Gasteiger charge is 2.14. The van der Waals surface area contributed by atoms with E-state index in [0.29, 0.717) is 13.1 Å². The van der Waals surface area contributed by atoms with Crippen molar-refractivity contribution in [1.82, 2.24) is 4.90 Å². The van der Waals surface area contributed by atoms with Gasteiger partial charge in [-0.2, -0.15) is 8.42 Å². The Kier molecular flexibility index (Phi) is 5.83. The first kappa shape index (κ1) is 16.8. The van der Waals surface area contributed by atoms with Gasteiger partial charge in [0.2, 0.25) is 5.29 Å². The minimum atomic E-state index is -4.07. The molecule has 116 valence electrons. The van der Waals surface area contributed by atoms with Gasteiger partial charge in [0, 0.05) is 23.8 Å². The number of halogens is 2. The molecule has 0 heterocycles. The molecule has 7 heteroatoms. The Morgan fingerprint density at radius 1 is 0.909 bits per heavy atom. The zero-order chi connectivity index (χ0) is 16.0. The van der Waals surface area contributed by atoms with Crippen molar-refractivity contribution in [1.29, 1.82) is 0 Å². The highest BCUT2D eigenvalue weighted by molar-refractivity contribution is 8.12. The fraction of sp³-hybridized carbons (Fsp3) is 0.133. The number of nitrogens with zero attached hydrogens (tertiary/aromatic N) is 2. The average molecular weight is 357 g/mol. The molecule has 0 saturated carbocycles. The predicted octanol–water partition coefficient (Wildman–Crippen LogP) is 3.77. The summed E-state index contributed by atoms with van der Waals surface area (Å²) in [6.45, 7) is 0.842. The summed E-state index contributed by atoms with van der Waals surface area (Å²) in [4.78, 5) is 1.64. The molecule has 0 fully saturated rings. The molecule has 22 heavy (non-hydrogen) atoms. The van der Waals surface area contributed by atoms with Gasteiger partial charge < -0.3 is 4.90 Å². The third-order valence-electron chi connectivity index (χ3n) is 2.88. The molecule has 4 nitrogen and oxygen atoms in total. The molecular formula is C15H14Cl2N2O2S. The fourth-order valence-electron chi connectivity index (χ4n) is 1.94. The zero-order valence-electron chi connectivity index (χ0n) is 11.6. The van der Waals surface area contributed by atoms with Crippen LogP contribution in [0, 0.1) is 0 Å². The first-order chi connectivity index (χ1) is 10.4. The van der Waals surface area contributed by atoms with E-state index in [1.807, 2.05) is 60.7 Å². The second kappa shape index (κ2) is 7.63. The van der Waals surface area contributed by atoms with E-state index < -0.39 is 9.24 Å². The molecule has 2 aromatic carbocycles. The summed E-state index contributed by atoms with van der Waals surface area (Å²) in [5.74, 6) is 0. The molecule has 2 rings (SSSR count). The Morgan fingerprint density at radius 3 is 1.68 bits per heavy atom. The van der Waals surface area contributed by atoms with E-state index in [0.717, 1.165) is 11.1 Å². The van der Waals surface area contributed by atoms with Crippen molar-refractivity contribution in [2.45, 2.75) is 13.1 Å². The monoisotopic (exact) mass is 356 g/mol. The van der Waals surface area contributed by atoms with Gasteiger partial charge in [-0.15, -0.1) is 4.40 Å². The van der Waals surface area contributed by atoms with Gasteiger partial charge in [-0.1, -0.05) is 60.7 Å². The van der Waals surface area contributed by atoms with Gasteiger partial charge in [0.25, 0.3) is 0 Å². The summed E-state index contributed by atoms with van der Waals surface area (Å²) >= 11 is 6.04. The fourth-order valence-corrected chi connectivity index (χ4v) is 2.93. The predicted molar refractivity (Wildman–Crippen MR) is 90.2 cm³/mol. The Morgan fingerprint density at radius 2 is 1.32 bits per heavy atom. The van der Waals surface area contributed by atoms with Gasteiger partial charge in [-0.25, -0.2) is 0 Å². The van der Waals surface area contributed by atoms with Crippen LogP contribution in [0.25, 0.3) is 0 Å². The molecule has 0 aliphatic rings. The third kappa shape index (κ3) is 5.67. The van der Waals surface area contributed by atoms with Crippen molar-refractivity contribution in [3.63, 3.8) is 0 Å². The number of hydrogen-bond acceptors (Lipinski definition) is 2. The van der Waals surface area contributed by atoms with Crippen LogP contribution in [0.4, 0.5) is 0 Å². The molecule has 0 amide bonds. The number of rotatable bonds is 5. The summed E-state index contributed by atoms with van der Waals surface area (Å²) in [5.41, 5.74) is 1.97. The van der Waals surface area contributed by atoms with Crippen LogP contribution in [0.15, 0.2) is 65.1 Å². The molecule has 0 bridgehead atoms. The van der Waals surface area contributed by atoms with Crippen LogP contribution in [0.2, 0.25) is 0 Å². The molecule has 0 N–H and O–H groups in total. The lowest BCUT2D eigenvalue weighted by molar-refractivity contribution is 0.414. The molecule has 0 saturated heterocycles. The van der Waals surface area contributed by atoms with Crippen molar-refractivity contribution in [2.24, 2.45) is 4.40 Å². The van der Waals surface area contributed by atoms with E-state index in [-0.39, 0.29) is 5.29 Å². The van der Waals surface area contributed by atoms with Crippen LogP contribution in [0.1, 0.15) is 11.1 Å². The van der Waals surface area contributed by atoms with Gasteiger partial charge >= 0.3 is 9.24 Å². The van der Waals surface area contributed by atoms with E-state index in [2.05, 4.69) is 4.40 Å². The largest absolute Gasteiger partial charge is 0.342 e.